The molecule has 90 valence electrons. The first kappa shape index (κ1) is 13.8. The molecule has 0 saturated carbocycles. The van der Waals surface area contributed by atoms with E-state index >= 15 is 0 Å². The summed E-state index contributed by atoms with van der Waals surface area (Å²) < 4.78 is 13.4. The van der Waals surface area contributed by atoms with E-state index in [0.29, 0.717) is 28.9 Å². The normalized spacial score (nSPS) is 13.1. The van der Waals surface area contributed by atoms with Crippen LogP contribution in [0.5, 0.6) is 0 Å². The zero-order chi connectivity index (χ0) is 12.1. The molecule has 0 spiro atoms. The summed E-state index contributed by atoms with van der Waals surface area (Å²) in [6, 6.07) is 4.86. The lowest BCUT2D eigenvalue weighted by Gasteiger charge is -2.20. The highest BCUT2D eigenvalue weighted by atomic mass is 35.5. The summed E-state index contributed by atoms with van der Waals surface area (Å²) in [6.45, 7) is 4.55. The van der Waals surface area contributed by atoms with E-state index in [1.807, 2.05) is 0 Å². The van der Waals surface area contributed by atoms with Gasteiger partial charge >= 0.3 is 0 Å². The van der Waals surface area contributed by atoms with Gasteiger partial charge < -0.3 is 5.32 Å². The molecule has 0 bridgehead atoms. The number of rotatable bonds is 5. The standard InChI is InChI=1S/C12H16Cl2FN/c1-8(2)12(6-13)16-7-9-10(14)4-3-5-11(9)15/h3-5,8,12,16H,6-7H2,1-2H3. The third-order valence-corrected chi connectivity index (χ3v) is 3.26. The van der Waals surface area contributed by atoms with Crippen molar-refractivity contribution in [3.05, 3.63) is 34.6 Å². The van der Waals surface area contributed by atoms with Crippen molar-refractivity contribution in [2.75, 3.05) is 5.88 Å². The molecular weight excluding hydrogens is 248 g/mol. The lowest BCUT2D eigenvalue weighted by molar-refractivity contribution is 0.425. The molecule has 1 rings (SSSR count). The van der Waals surface area contributed by atoms with Gasteiger partial charge in [0.1, 0.15) is 5.82 Å². The molecule has 1 aromatic carbocycles. The molecule has 1 atom stereocenters. The molecule has 1 aromatic rings. The van der Waals surface area contributed by atoms with Crippen molar-refractivity contribution >= 4 is 23.2 Å². The average Bonchev–Trinajstić information content (AvgIpc) is 2.22. The molecule has 0 heterocycles. The van der Waals surface area contributed by atoms with Gasteiger partial charge in [0.15, 0.2) is 0 Å². The third-order valence-electron chi connectivity index (χ3n) is 2.57. The van der Waals surface area contributed by atoms with Gasteiger partial charge in [-0.25, -0.2) is 4.39 Å². The molecule has 0 fully saturated rings. The second kappa shape index (κ2) is 6.43. The van der Waals surface area contributed by atoms with Crippen molar-refractivity contribution in [1.29, 1.82) is 0 Å². The van der Waals surface area contributed by atoms with Gasteiger partial charge in [0, 0.05) is 29.1 Å². The molecule has 0 radical (unpaired) electrons. The summed E-state index contributed by atoms with van der Waals surface area (Å²) in [4.78, 5) is 0. The van der Waals surface area contributed by atoms with Gasteiger partial charge in [-0.1, -0.05) is 31.5 Å². The van der Waals surface area contributed by atoms with Gasteiger partial charge in [-0.2, -0.15) is 0 Å². The van der Waals surface area contributed by atoms with Crippen molar-refractivity contribution in [3.63, 3.8) is 0 Å². The summed E-state index contributed by atoms with van der Waals surface area (Å²) in [5, 5.41) is 3.66. The first-order valence-corrected chi connectivity index (χ1v) is 6.19. The SMILES string of the molecule is CC(C)C(CCl)NCc1c(F)cccc1Cl. The molecule has 0 saturated heterocycles. The molecule has 4 heteroatoms. The Morgan fingerprint density at radius 3 is 2.56 bits per heavy atom. The van der Waals surface area contributed by atoms with Gasteiger partial charge in [0.25, 0.3) is 0 Å². The number of benzene rings is 1. The predicted octanol–water partition coefficient (Wildman–Crippen LogP) is 3.83. The van der Waals surface area contributed by atoms with Crippen LogP contribution in [0.1, 0.15) is 19.4 Å². The molecule has 16 heavy (non-hydrogen) atoms. The number of hydrogen-bond donors (Lipinski definition) is 1. The highest BCUT2D eigenvalue weighted by Crippen LogP contribution is 2.19. The Balaban J connectivity index is 2.67. The Morgan fingerprint density at radius 1 is 1.38 bits per heavy atom. The quantitative estimate of drug-likeness (QED) is 0.797. The van der Waals surface area contributed by atoms with Gasteiger partial charge in [-0.05, 0) is 18.1 Å². The highest BCUT2D eigenvalue weighted by Gasteiger charge is 2.13. The van der Waals surface area contributed by atoms with Crippen LogP contribution in [0.3, 0.4) is 0 Å². The zero-order valence-electron chi connectivity index (χ0n) is 9.43. The van der Waals surface area contributed by atoms with Crippen molar-refractivity contribution in [3.8, 4) is 0 Å². The summed E-state index contributed by atoms with van der Waals surface area (Å²) in [6.07, 6.45) is 0. The first-order chi connectivity index (χ1) is 7.56. The molecule has 1 N–H and O–H groups in total. The number of alkyl halides is 1. The van der Waals surface area contributed by atoms with Crippen LogP contribution < -0.4 is 5.32 Å². The van der Waals surface area contributed by atoms with Crippen molar-refractivity contribution in [2.24, 2.45) is 5.92 Å². The topological polar surface area (TPSA) is 12.0 Å². The van der Waals surface area contributed by atoms with Crippen molar-refractivity contribution in [2.45, 2.75) is 26.4 Å². The van der Waals surface area contributed by atoms with Gasteiger partial charge in [0.05, 0.1) is 0 Å². The summed E-state index contributed by atoms with van der Waals surface area (Å²) in [5.74, 6) is 0.629. The summed E-state index contributed by atoms with van der Waals surface area (Å²) in [5.41, 5.74) is 0.500. The Morgan fingerprint density at radius 2 is 2.06 bits per heavy atom. The minimum atomic E-state index is -0.280. The minimum absolute atomic E-state index is 0.164. The highest BCUT2D eigenvalue weighted by molar-refractivity contribution is 6.31. The second-order valence-electron chi connectivity index (χ2n) is 4.09. The lowest BCUT2D eigenvalue weighted by Crippen LogP contribution is -2.35. The van der Waals surface area contributed by atoms with Crippen LogP contribution in [0.25, 0.3) is 0 Å². The number of halogens is 3. The van der Waals surface area contributed by atoms with E-state index in [9.17, 15) is 4.39 Å². The fourth-order valence-electron chi connectivity index (χ4n) is 1.40. The number of nitrogens with one attached hydrogen (secondary N) is 1. The molecule has 0 aliphatic carbocycles. The van der Waals surface area contributed by atoms with Crippen LogP contribution >= 0.6 is 23.2 Å². The Bertz CT molecular complexity index is 322. The average molecular weight is 264 g/mol. The van der Waals surface area contributed by atoms with Crippen LogP contribution in [0, 0.1) is 11.7 Å². The smallest absolute Gasteiger partial charge is 0.129 e. The second-order valence-corrected chi connectivity index (χ2v) is 4.80. The van der Waals surface area contributed by atoms with E-state index in [4.69, 9.17) is 23.2 Å². The predicted molar refractivity (Wildman–Crippen MR) is 67.6 cm³/mol. The fraction of sp³-hybridized carbons (Fsp3) is 0.500. The minimum Gasteiger partial charge on any atom is -0.308 e. The van der Waals surface area contributed by atoms with Crippen LogP contribution in [0.4, 0.5) is 4.39 Å². The molecule has 0 aliphatic rings. The Kier molecular flexibility index (Phi) is 5.53. The maximum absolute atomic E-state index is 13.4. The Hall–Kier alpha value is -0.310. The van der Waals surface area contributed by atoms with E-state index in [0.717, 1.165) is 0 Å². The maximum Gasteiger partial charge on any atom is 0.129 e. The largest absolute Gasteiger partial charge is 0.308 e. The van der Waals surface area contributed by atoms with E-state index in [1.165, 1.54) is 6.07 Å². The van der Waals surface area contributed by atoms with E-state index in [2.05, 4.69) is 19.2 Å². The summed E-state index contributed by atoms with van der Waals surface area (Å²) >= 11 is 11.7. The van der Waals surface area contributed by atoms with Crippen LogP contribution in [0.15, 0.2) is 18.2 Å². The van der Waals surface area contributed by atoms with E-state index < -0.39 is 0 Å². The third kappa shape index (κ3) is 3.62. The fourth-order valence-corrected chi connectivity index (χ4v) is 2.10. The Labute approximate surface area is 106 Å². The van der Waals surface area contributed by atoms with Crippen LogP contribution in [-0.4, -0.2) is 11.9 Å². The number of hydrogen-bond acceptors (Lipinski definition) is 1. The lowest BCUT2D eigenvalue weighted by atomic mass is 10.1. The van der Waals surface area contributed by atoms with Gasteiger partial charge in [0.2, 0.25) is 0 Å². The van der Waals surface area contributed by atoms with Gasteiger partial charge in [-0.3, -0.25) is 0 Å². The van der Waals surface area contributed by atoms with Crippen LogP contribution in [0.2, 0.25) is 5.02 Å². The van der Waals surface area contributed by atoms with E-state index in [-0.39, 0.29) is 11.9 Å². The molecule has 1 unspecified atom stereocenters. The maximum atomic E-state index is 13.4. The molecule has 0 amide bonds. The van der Waals surface area contributed by atoms with Gasteiger partial charge in [-0.15, -0.1) is 11.6 Å². The monoisotopic (exact) mass is 263 g/mol. The first-order valence-electron chi connectivity index (χ1n) is 5.28. The molecule has 0 aromatic heterocycles. The van der Waals surface area contributed by atoms with E-state index in [1.54, 1.807) is 12.1 Å². The van der Waals surface area contributed by atoms with Crippen molar-refractivity contribution in [1.82, 2.24) is 5.32 Å². The molecular formula is C12H16Cl2FN. The molecule has 0 aliphatic heterocycles. The zero-order valence-corrected chi connectivity index (χ0v) is 10.9. The molecule has 1 nitrogen and oxygen atoms in total. The van der Waals surface area contributed by atoms with Crippen LogP contribution in [-0.2, 0) is 6.54 Å². The summed E-state index contributed by atoms with van der Waals surface area (Å²) in [7, 11) is 0. The van der Waals surface area contributed by atoms with Crippen molar-refractivity contribution < 1.29 is 4.39 Å².